The van der Waals surface area contributed by atoms with Gasteiger partial charge in [-0.1, -0.05) is 12.1 Å². The summed E-state index contributed by atoms with van der Waals surface area (Å²) >= 11 is 2.88. The number of nitrogens with one attached hydrogen (secondary N) is 1. The summed E-state index contributed by atoms with van der Waals surface area (Å²) in [6.07, 6.45) is 1.59. The van der Waals surface area contributed by atoms with E-state index in [9.17, 15) is 14.4 Å². The van der Waals surface area contributed by atoms with Crippen LogP contribution in [0.25, 0.3) is 6.08 Å². The molecule has 1 N–H and O–H groups in total. The van der Waals surface area contributed by atoms with Gasteiger partial charge in [-0.3, -0.25) is 19.3 Å². The lowest BCUT2D eigenvalue weighted by atomic mass is 10.2. The molecule has 3 rings (SSSR count). The Labute approximate surface area is 197 Å². The van der Waals surface area contributed by atoms with Crippen LogP contribution < -0.4 is 19.5 Å². The molecule has 1 saturated heterocycles. The van der Waals surface area contributed by atoms with Gasteiger partial charge in [-0.15, -0.1) is 0 Å². The number of thioether (sulfide) groups is 1. The number of ether oxygens (including phenoxy) is 3. The van der Waals surface area contributed by atoms with Crippen LogP contribution in [0.3, 0.4) is 0 Å². The summed E-state index contributed by atoms with van der Waals surface area (Å²) in [7, 11) is 4.55. The maximum absolute atomic E-state index is 12.7. The topological polar surface area (TPSA) is 94.2 Å². The van der Waals surface area contributed by atoms with Crippen molar-refractivity contribution in [2.24, 2.45) is 0 Å². The number of para-hydroxylation sites is 2. The van der Waals surface area contributed by atoms with Crippen LogP contribution in [0.1, 0.15) is 5.56 Å². The number of carbonyl (C=O) groups excluding carboxylic acids is 3. The van der Waals surface area contributed by atoms with Gasteiger partial charge < -0.3 is 19.5 Å². The van der Waals surface area contributed by atoms with Gasteiger partial charge in [-0.25, -0.2) is 0 Å². The zero-order chi connectivity index (χ0) is 22.5. The Kier molecular flexibility index (Phi) is 7.44. The molecule has 1 heterocycles. The van der Waals surface area contributed by atoms with Crippen molar-refractivity contribution in [2.45, 2.75) is 0 Å². The van der Waals surface area contributed by atoms with E-state index in [1.54, 1.807) is 43.5 Å². The van der Waals surface area contributed by atoms with Crippen LogP contribution >= 0.6 is 34.4 Å². The van der Waals surface area contributed by atoms with Gasteiger partial charge in [0, 0.05) is 0 Å². The number of hydrogen-bond donors (Lipinski definition) is 1. The first-order valence-electron chi connectivity index (χ1n) is 8.97. The highest BCUT2D eigenvalue weighted by molar-refractivity contribution is 14.1. The molecule has 0 aromatic heterocycles. The van der Waals surface area contributed by atoms with E-state index in [0.717, 1.165) is 20.2 Å². The molecule has 1 aliphatic rings. The zero-order valence-electron chi connectivity index (χ0n) is 16.9. The molecule has 0 saturated carbocycles. The van der Waals surface area contributed by atoms with E-state index in [-0.39, 0.29) is 4.91 Å². The van der Waals surface area contributed by atoms with E-state index in [4.69, 9.17) is 14.2 Å². The third-order valence-electron chi connectivity index (χ3n) is 4.31. The van der Waals surface area contributed by atoms with E-state index in [1.807, 2.05) is 6.07 Å². The molecular weight excluding hydrogens is 535 g/mol. The fraction of sp³-hybridized carbons (Fsp3) is 0.190. The fourth-order valence-corrected chi connectivity index (χ4v) is 4.57. The SMILES string of the molecule is COc1ccccc1NC(=O)CN1C(=O)S/C(=C/c2cc(I)c(OC)c(OC)c2)C1=O. The molecule has 0 bridgehead atoms. The molecule has 0 unspecified atom stereocenters. The van der Waals surface area contributed by atoms with Crippen molar-refractivity contribution in [2.75, 3.05) is 33.2 Å². The smallest absolute Gasteiger partial charge is 0.294 e. The van der Waals surface area contributed by atoms with E-state index >= 15 is 0 Å². The quantitative estimate of drug-likeness (QED) is 0.409. The lowest BCUT2D eigenvalue weighted by Crippen LogP contribution is -2.36. The second-order valence-corrected chi connectivity index (χ2v) is 8.41. The van der Waals surface area contributed by atoms with Crippen LogP contribution in [-0.2, 0) is 9.59 Å². The van der Waals surface area contributed by atoms with Gasteiger partial charge in [0.05, 0.1) is 35.5 Å². The van der Waals surface area contributed by atoms with Gasteiger partial charge in [0.25, 0.3) is 11.1 Å². The van der Waals surface area contributed by atoms with Crippen molar-refractivity contribution in [3.8, 4) is 17.2 Å². The molecule has 0 aliphatic carbocycles. The van der Waals surface area contributed by atoms with Crippen LogP contribution in [0.15, 0.2) is 41.3 Å². The summed E-state index contributed by atoms with van der Waals surface area (Å²) in [4.78, 5) is 38.7. The van der Waals surface area contributed by atoms with Crippen LogP contribution in [0.4, 0.5) is 10.5 Å². The number of imide groups is 1. The van der Waals surface area contributed by atoms with Crippen molar-refractivity contribution in [3.63, 3.8) is 0 Å². The molecule has 0 radical (unpaired) electrons. The molecule has 8 nitrogen and oxygen atoms in total. The maximum atomic E-state index is 12.7. The van der Waals surface area contributed by atoms with Gasteiger partial charge in [0.15, 0.2) is 11.5 Å². The summed E-state index contributed by atoms with van der Waals surface area (Å²) in [6, 6.07) is 10.4. The molecular formula is C21H19IN2O6S. The maximum Gasteiger partial charge on any atom is 0.294 e. The van der Waals surface area contributed by atoms with E-state index in [2.05, 4.69) is 27.9 Å². The summed E-state index contributed by atoms with van der Waals surface area (Å²) in [5.41, 5.74) is 1.13. The number of carbonyl (C=O) groups is 3. The minimum absolute atomic E-state index is 0.220. The molecule has 2 aromatic rings. The lowest BCUT2D eigenvalue weighted by molar-refractivity contribution is -0.127. The first-order valence-corrected chi connectivity index (χ1v) is 10.9. The predicted molar refractivity (Wildman–Crippen MR) is 127 cm³/mol. The van der Waals surface area contributed by atoms with Crippen LogP contribution in [0.2, 0.25) is 0 Å². The second kappa shape index (κ2) is 10.1. The Morgan fingerprint density at radius 3 is 2.48 bits per heavy atom. The van der Waals surface area contributed by atoms with Crippen LogP contribution in [-0.4, -0.2) is 49.8 Å². The predicted octanol–water partition coefficient (Wildman–Crippen LogP) is 3.99. The molecule has 0 atom stereocenters. The first-order chi connectivity index (χ1) is 14.9. The largest absolute Gasteiger partial charge is 0.495 e. The third kappa shape index (κ3) is 5.13. The Bertz CT molecular complexity index is 1070. The highest BCUT2D eigenvalue weighted by Gasteiger charge is 2.36. The van der Waals surface area contributed by atoms with Crippen molar-refractivity contribution < 1.29 is 28.6 Å². The van der Waals surface area contributed by atoms with Gasteiger partial charge in [-0.05, 0) is 70.3 Å². The minimum Gasteiger partial charge on any atom is -0.495 e. The van der Waals surface area contributed by atoms with Gasteiger partial charge in [0.1, 0.15) is 12.3 Å². The van der Waals surface area contributed by atoms with E-state index in [1.165, 1.54) is 14.2 Å². The Morgan fingerprint density at radius 1 is 1.10 bits per heavy atom. The standard InChI is InChI=1S/C21H19IN2O6S/c1-28-15-7-5-4-6-14(15)23-18(25)11-24-20(26)17(31-21(24)27)10-12-8-13(22)19(30-3)16(9-12)29-2/h4-10H,11H2,1-3H3,(H,23,25)/b17-10+. The summed E-state index contributed by atoms with van der Waals surface area (Å²) < 4.78 is 16.6. The Balaban J connectivity index is 1.76. The molecule has 1 fully saturated rings. The van der Waals surface area contributed by atoms with Crippen molar-refractivity contribution >= 4 is 63.2 Å². The zero-order valence-corrected chi connectivity index (χ0v) is 19.9. The minimum atomic E-state index is -0.532. The Morgan fingerprint density at radius 2 is 1.81 bits per heavy atom. The number of amides is 3. The molecule has 162 valence electrons. The molecule has 0 spiro atoms. The number of methoxy groups -OCH3 is 3. The van der Waals surface area contributed by atoms with Gasteiger partial charge in [0.2, 0.25) is 5.91 Å². The number of rotatable bonds is 7. The number of benzene rings is 2. The summed E-state index contributed by atoms with van der Waals surface area (Å²) in [6.45, 7) is -0.399. The molecule has 2 aromatic carbocycles. The van der Waals surface area contributed by atoms with Crippen molar-refractivity contribution in [1.29, 1.82) is 0 Å². The van der Waals surface area contributed by atoms with E-state index < -0.39 is 23.6 Å². The molecule has 10 heteroatoms. The summed E-state index contributed by atoms with van der Waals surface area (Å²) in [5.74, 6) is 0.536. The normalized spacial score (nSPS) is 14.7. The van der Waals surface area contributed by atoms with Crippen LogP contribution in [0.5, 0.6) is 17.2 Å². The van der Waals surface area contributed by atoms with Crippen molar-refractivity contribution in [3.05, 3.63) is 50.4 Å². The van der Waals surface area contributed by atoms with E-state index in [0.29, 0.717) is 28.5 Å². The second-order valence-electron chi connectivity index (χ2n) is 6.25. The fourth-order valence-electron chi connectivity index (χ4n) is 2.89. The third-order valence-corrected chi connectivity index (χ3v) is 6.02. The lowest BCUT2D eigenvalue weighted by Gasteiger charge is -2.14. The molecule has 3 amide bonds. The first kappa shape index (κ1) is 22.9. The monoisotopic (exact) mass is 554 g/mol. The number of anilines is 1. The Hall–Kier alpha value is -2.73. The number of hydrogen-bond acceptors (Lipinski definition) is 7. The highest BCUT2D eigenvalue weighted by Crippen LogP contribution is 2.37. The average molecular weight is 554 g/mol. The van der Waals surface area contributed by atoms with Gasteiger partial charge >= 0.3 is 0 Å². The molecule has 31 heavy (non-hydrogen) atoms. The van der Waals surface area contributed by atoms with Gasteiger partial charge in [-0.2, -0.15) is 0 Å². The summed E-state index contributed by atoms with van der Waals surface area (Å²) in [5, 5.41) is 2.15. The number of halogens is 1. The number of nitrogens with zero attached hydrogens (tertiary/aromatic N) is 1. The van der Waals surface area contributed by atoms with Crippen LogP contribution in [0, 0.1) is 3.57 Å². The molecule has 1 aliphatic heterocycles. The average Bonchev–Trinajstić information content (AvgIpc) is 3.00. The highest BCUT2D eigenvalue weighted by atomic mass is 127. The van der Waals surface area contributed by atoms with Crippen molar-refractivity contribution in [1.82, 2.24) is 4.90 Å².